The van der Waals surface area contributed by atoms with Gasteiger partial charge in [0.2, 0.25) is 0 Å². The highest BCUT2D eigenvalue weighted by Crippen LogP contribution is 2.29. The molecule has 0 radical (unpaired) electrons. The molecule has 1 aromatic carbocycles. The van der Waals surface area contributed by atoms with Crippen LogP contribution in [0.5, 0.6) is 0 Å². The van der Waals surface area contributed by atoms with Crippen molar-refractivity contribution < 1.29 is 0 Å². The fourth-order valence-corrected chi connectivity index (χ4v) is 2.20. The Bertz CT molecular complexity index is 634. The SMILES string of the molecule is N#Cc1ccc(Nc2ncc(Br)cc2N)c(Br)c1. The van der Waals surface area contributed by atoms with Crippen molar-refractivity contribution in [3.8, 4) is 6.07 Å². The molecule has 0 fully saturated rings. The Morgan fingerprint density at radius 1 is 1.28 bits per heavy atom. The molecule has 3 N–H and O–H groups in total. The van der Waals surface area contributed by atoms with Crippen molar-refractivity contribution in [2.75, 3.05) is 11.1 Å². The molecule has 2 rings (SSSR count). The number of nitrogens with zero attached hydrogens (tertiary/aromatic N) is 2. The smallest absolute Gasteiger partial charge is 0.153 e. The Hall–Kier alpha value is -1.58. The third kappa shape index (κ3) is 2.81. The predicted molar refractivity (Wildman–Crippen MR) is 78.5 cm³/mol. The van der Waals surface area contributed by atoms with Crippen molar-refractivity contribution in [2.24, 2.45) is 0 Å². The summed E-state index contributed by atoms with van der Waals surface area (Å²) in [6.07, 6.45) is 1.66. The Morgan fingerprint density at radius 2 is 2.06 bits per heavy atom. The first-order valence-corrected chi connectivity index (χ1v) is 6.56. The van der Waals surface area contributed by atoms with Crippen molar-refractivity contribution in [1.82, 2.24) is 4.98 Å². The second-order valence-corrected chi connectivity index (χ2v) is 5.29. The van der Waals surface area contributed by atoms with E-state index in [9.17, 15) is 0 Å². The molecule has 2 aromatic rings. The summed E-state index contributed by atoms with van der Waals surface area (Å²) in [4.78, 5) is 4.19. The van der Waals surface area contributed by atoms with Gasteiger partial charge in [0.15, 0.2) is 5.82 Å². The summed E-state index contributed by atoms with van der Waals surface area (Å²) in [5, 5.41) is 11.9. The first-order valence-electron chi connectivity index (χ1n) is 4.98. The molecule has 1 heterocycles. The maximum atomic E-state index is 8.79. The van der Waals surface area contributed by atoms with Gasteiger partial charge in [-0.2, -0.15) is 5.26 Å². The van der Waals surface area contributed by atoms with E-state index in [0.29, 0.717) is 17.1 Å². The second-order valence-electron chi connectivity index (χ2n) is 3.52. The van der Waals surface area contributed by atoms with Gasteiger partial charge in [-0.25, -0.2) is 4.98 Å². The Morgan fingerprint density at radius 3 is 2.67 bits per heavy atom. The standard InChI is InChI=1S/C12H8Br2N4/c13-8-4-10(16)12(17-6-8)18-11-2-1-7(5-15)3-9(11)14/h1-4,6H,16H2,(H,17,18). The van der Waals surface area contributed by atoms with Crippen molar-refractivity contribution in [2.45, 2.75) is 0 Å². The van der Waals surface area contributed by atoms with Crippen LogP contribution >= 0.6 is 31.9 Å². The predicted octanol–water partition coefficient (Wildman–Crippen LogP) is 3.80. The van der Waals surface area contributed by atoms with Crippen LogP contribution in [0, 0.1) is 11.3 Å². The number of aromatic nitrogens is 1. The number of halogens is 2. The molecule has 18 heavy (non-hydrogen) atoms. The van der Waals surface area contributed by atoms with Gasteiger partial charge in [0.1, 0.15) is 0 Å². The number of benzene rings is 1. The molecule has 90 valence electrons. The van der Waals surface area contributed by atoms with Crippen molar-refractivity contribution in [3.63, 3.8) is 0 Å². The molecule has 0 bridgehead atoms. The van der Waals surface area contributed by atoms with Crippen LogP contribution in [-0.4, -0.2) is 4.98 Å². The molecule has 0 aliphatic carbocycles. The highest BCUT2D eigenvalue weighted by Gasteiger charge is 2.05. The number of pyridine rings is 1. The lowest BCUT2D eigenvalue weighted by atomic mass is 10.2. The molecule has 0 unspecified atom stereocenters. The lowest BCUT2D eigenvalue weighted by molar-refractivity contribution is 1.29. The van der Waals surface area contributed by atoms with Crippen LogP contribution in [0.4, 0.5) is 17.2 Å². The van der Waals surface area contributed by atoms with Crippen molar-refractivity contribution in [3.05, 3.63) is 45.0 Å². The van der Waals surface area contributed by atoms with Gasteiger partial charge in [-0.05, 0) is 56.1 Å². The second kappa shape index (κ2) is 5.38. The van der Waals surface area contributed by atoms with Gasteiger partial charge in [-0.3, -0.25) is 0 Å². The Balaban J connectivity index is 2.32. The molecule has 1 aromatic heterocycles. The van der Waals surface area contributed by atoms with E-state index >= 15 is 0 Å². The minimum atomic E-state index is 0.542. The van der Waals surface area contributed by atoms with E-state index in [1.807, 2.05) is 0 Å². The average molecular weight is 368 g/mol. The van der Waals surface area contributed by atoms with Crippen LogP contribution in [-0.2, 0) is 0 Å². The van der Waals surface area contributed by atoms with Gasteiger partial charge in [-0.15, -0.1) is 0 Å². The zero-order valence-corrected chi connectivity index (χ0v) is 12.3. The first kappa shape index (κ1) is 12.9. The molecule has 0 atom stereocenters. The minimum absolute atomic E-state index is 0.542. The van der Waals surface area contributed by atoms with Crippen LogP contribution in [0.2, 0.25) is 0 Å². The monoisotopic (exact) mass is 366 g/mol. The average Bonchev–Trinajstić information content (AvgIpc) is 2.34. The molecular weight excluding hydrogens is 360 g/mol. The third-order valence-electron chi connectivity index (χ3n) is 2.24. The van der Waals surface area contributed by atoms with Crippen molar-refractivity contribution >= 4 is 49.1 Å². The molecule has 0 aliphatic heterocycles. The van der Waals surface area contributed by atoms with E-state index in [-0.39, 0.29) is 0 Å². The lowest BCUT2D eigenvalue weighted by Gasteiger charge is -2.10. The zero-order valence-electron chi connectivity index (χ0n) is 9.11. The number of hydrogen-bond acceptors (Lipinski definition) is 4. The fourth-order valence-electron chi connectivity index (χ4n) is 1.37. The van der Waals surface area contributed by atoms with Crippen LogP contribution in [0.15, 0.2) is 39.4 Å². The number of nitrogens with two attached hydrogens (primary N) is 1. The third-order valence-corrected chi connectivity index (χ3v) is 3.32. The van der Waals surface area contributed by atoms with E-state index in [1.165, 1.54) is 0 Å². The molecule has 0 saturated heterocycles. The minimum Gasteiger partial charge on any atom is -0.396 e. The van der Waals surface area contributed by atoms with E-state index < -0.39 is 0 Å². The largest absolute Gasteiger partial charge is 0.396 e. The quantitative estimate of drug-likeness (QED) is 0.846. The number of nitriles is 1. The summed E-state index contributed by atoms with van der Waals surface area (Å²) in [5.41, 5.74) is 7.78. The van der Waals surface area contributed by atoms with E-state index in [2.05, 4.69) is 48.2 Å². The zero-order chi connectivity index (χ0) is 13.1. The highest BCUT2D eigenvalue weighted by molar-refractivity contribution is 9.10. The summed E-state index contributed by atoms with van der Waals surface area (Å²) in [7, 11) is 0. The molecule has 6 heteroatoms. The summed E-state index contributed by atoms with van der Waals surface area (Å²) >= 11 is 6.69. The van der Waals surface area contributed by atoms with Crippen LogP contribution in [0.1, 0.15) is 5.56 Å². The van der Waals surface area contributed by atoms with Gasteiger partial charge in [0.25, 0.3) is 0 Å². The van der Waals surface area contributed by atoms with E-state index in [0.717, 1.165) is 14.6 Å². The number of nitrogen functional groups attached to an aromatic ring is 1. The van der Waals surface area contributed by atoms with Crippen LogP contribution < -0.4 is 11.1 Å². The van der Waals surface area contributed by atoms with E-state index in [4.69, 9.17) is 11.0 Å². The number of nitrogens with one attached hydrogen (secondary N) is 1. The van der Waals surface area contributed by atoms with E-state index in [1.54, 1.807) is 30.5 Å². The summed E-state index contributed by atoms with van der Waals surface area (Å²) in [5.74, 6) is 0.573. The fraction of sp³-hybridized carbons (Fsp3) is 0. The maximum absolute atomic E-state index is 8.79. The maximum Gasteiger partial charge on any atom is 0.153 e. The lowest BCUT2D eigenvalue weighted by Crippen LogP contribution is -1.99. The first-order chi connectivity index (χ1) is 8.60. The summed E-state index contributed by atoms with van der Waals surface area (Å²) in [6.45, 7) is 0. The molecular formula is C12H8Br2N4. The van der Waals surface area contributed by atoms with Crippen LogP contribution in [0.3, 0.4) is 0 Å². The van der Waals surface area contributed by atoms with Gasteiger partial charge >= 0.3 is 0 Å². The Labute approximate surface area is 121 Å². The molecule has 0 saturated carbocycles. The molecule has 4 nitrogen and oxygen atoms in total. The molecule has 0 amide bonds. The van der Waals surface area contributed by atoms with Gasteiger partial charge < -0.3 is 11.1 Å². The number of rotatable bonds is 2. The normalized spacial score (nSPS) is 9.83. The Kier molecular flexibility index (Phi) is 3.84. The van der Waals surface area contributed by atoms with Gasteiger partial charge in [-0.1, -0.05) is 0 Å². The summed E-state index contributed by atoms with van der Waals surface area (Å²) in [6, 6.07) is 9.10. The molecule has 0 spiro atoms. The van der Waals surface area contributed by atoms with Crippen molar-refractivity contribution in [1.29, 1.82) is 5.26 Å². The highest BCUT2D eigenvalue weighted by atomic mass is 79.9. The number of hydrogen-bond donors (Lipinski definition) is 2. The summed E-state index contributed by atoms with van der Waals surface area (Å²) < 4.78 is 1.61. The topological polar surface area (TPSA) is 74.7 Å². The van der Waals surface area contributed by atoms with Gasteiger partial charge in [0, 0.05) is 15.1 Å². The van der Waals surface area contributed by atoms with Crippen LogP contribution in [0.25, 0.3) is 0 Å². The van der Waals surface area contributed by atoms with Gasteiger partial charge in [0.05, 0.1) is 23.0 Å². The molecule has 0 aliphatic rings. The number of anilines is 3.